The van der Waals surface area contributed by atoms with Crippen molar-refractivity contribution in [1.82, 2.24) is 14.8 Å². The molecule has 2 fully saturated rings. The van der Waals surface area contributed by atoms with Crippen LogP contribution in [0.4, 0.5) is 4.39 Å². The summed E-state index contributed by atoms with van der Waals surface area (Å²) in [5, 5.41) is 1.18. The van der Waals surface area contributed by atoms with Gasteiger partial charge in [0, 0.05) is 42.8 Å². The number of hydrogen-bond donors (Lipinski definition) is 1. The molecule has 0 spiro atoms. The van der Waals surface area contributed by atoms with Gasteiger partial charge in [-0.05, 0) is 62.5 Å². The van der Waals surface area contributed by atoms with Gasteiger partial charge in [0.15, 0.2) is 0 Å². The molecule has 2 saturated heterocycles. The molecule has 0 saturated carbocycles. The van der Waals surface area contributed by atoms with E-state index in [2.05, 4.69) is 27.9 Å². The molecule has 4 nitrogen and oxygen atoms in total. The third kappa shape index (κ3) is 3.73. The van der Waals surface area contributed by atoms with Gasteiger partial charge in [-0.25, -0.2) is 4.39 Å². The second-order valence-electron chi connectivity index (χ2n) is 7.51. The van der Waals surface area contributed by atoms with E-state index in [1.165, 1.54) is 23.8 Å². The van der Waals surface area contributed by atoms with Crippen LogP contribution in [0.2, 0.25) is 0 Å². The van der Waals surface area contributed by atoms with Gasteiger partial charge in [-0.2, -0.15) is 0 Å². The Hall–Kier alpha value is -1.43. The summed E-state index contributed by atoms with van der Waals surface area (Å²) in [6, 6.07) is 5.62. The molecule has 136 valence electrons. The molecule has 1 aromatic carbocycles. The van der Waals surface area contributed by atoms with Gasteiger partial charge in [-0.3, -0.25) is 4.90 Å². The zero-order valence-corrected chi connectivity index (χ0v) is 15.0. The molecule has 0 radical (unpaired) electrons. The van der Waals surface area contributed by atoms with Gasteiger partial charge in [-0.1, -0.05) is 0 Å². The SMILES string of the molecule is CC1COCCN1CCN1CCC(c2c[nH]c3cc(F)ccc23)CC1. The first-order chi connectivity index (χ1) is 12.2. The summed E-state index contributed by atoms with van der Waals surface area (Å²) in [4.78, 5) is 8.37. The predicted octanol–water partition coefficient (Wildman–Crippen LogP) is 3.21. The number of aromatic nitrogens is 1. The maximum absolute atomic E-state index is 13.4. The van der Waals surface area contributed by atoms with Crippen LogP contribution < -0.4 is 0 Å². The highest BCUT2D eigenvalue weighted by Gasteiger charge is 2.24. The molecule has 1 atom stereocenters. The van der Waals surface area contributed by atoms with Crippen molar-refractivity contribution in [1.29, 1.82) is 0 Å². The van der Waals surface area contributed by atoms with Crippen molar-refractivity contribution in [3.8, 4) is 0 Å². The lowest BCUT2D eigenvalue weighted by molar-refractivity contribution is -0.00486. The van der Waals surface area contributed by atoms with E-state index < -0.39 is 0 Å². The molecule has 5 heteroatoms. The topological polar surface area (TPSA) is 31.5 Å². The highest BCUT2D eigenvalue weighted by Crippen LogP contribution is 2.33. The number of rotatable bonds is 4. The van der Waals surface area contributed by atoms with Crippen molar-refractivity contribution in [3.05, 3.63) is 35.8 Å². The molecule has 2 aromatic rings. The minimum absolute atomic E-state index is 0.173. The molecule has 2 aliphatic rings. The third-order valence-corrected chi connectivity index (χ3v) is 5.91. The zero-order valence-electron chi connectivity index (χ0n) is 15.0. The second-order valence-corrected chi connectivity index (χ2v) is 7.51. The molecule has 25 heavy (non-hydrogen) atoms. The number of piperidine rings is 1. The van der Waals surface area contributed by atoms with Crippen LogP contribution in [0.25, 0.3) is 10.9 Å². The Morgan fingerprint density at radius 3 is 2.84 bits per heavy atom. The fourth-order valence-corrected chi connectivity index (χ4v) is 4.29. The molecule has 1 unspecified atom stereocenters. The number of ether oxygens (including phenoxy) is 1. The highest BCUT2D eigenvalue weighted by molar-refractivity contribution is 5.83. The van der Waals surface area contributed by atoms with Gasteiger partial charge in [0.05, 0.1) is 13.2 Å². The molecule has 1 aromatic heterocycles. The Labute approximate surface area is 148 Å². The summed E-state index contributed by atoms with van der Waals surface area (Å²) in [7, 11) is 0. The maximum atomic E-state index is 13.4. The van der Waals surface area contributed by atoms with Crippen molar-refractivity contribution in [2.45, 2.75) is 31.7 Å². The van der Waals surface area contributed by atoms with Gasteiger partial charge in [0.2, 0.25) is 0 Å². The van der Waals surface area contributed by atoms with E-state index in [1.54, 1.807) is 12.1 Å². The smallest absolute Gasteiger partial charge is 0.125 e. The Kier molecular flexibility index (Phi) is 5.06. The minimum atomic E-state index is -0.173. The van der Waals surface area contributed by atoms with Gasteiger partial charge in [-0.15, -0.1) is 0 Å². The first-order valence-corrected chi connectivity index (χ1v) is 9.51. The summed E-state index contributed by atoms with van der Waals surface area (Å²) in [6.45, 7) is 9.64. The number of hydrogen-bond acceptors (Lipinski definition) is 3. The Balaban J connectivity index is 1.32. The van der Waals surface area contributed by atoms with Crippen LogP contribution in [0.1, 0.15) is 31.2 Å². The second kappa shape index (κ2) is 7.44. The highest BCUT2D eigenvalue weighted by atomic mass is 19.1. The monoisotopic (exact) mass is 345 g/mol. The van der Waals surface area contributed by atoms with E-state index in [-0.39, 0.29) is 5.82 Å². The lowest BCUT2D eigenvalue weighted by Gasteiger charge is -2.37. The average molecular weight is 345 g/mol. The molecule has 3 heterocycles. The lowest BCUT2D eigenvalue weighted by Crippen LogP contribution is -2.47. The summed E-state index contributed by atoms with van der Waals surface area (Å²) < 4.78 is 18.9. The molecule has 0 aliphatic carbocycles. The van der Waals surface area contributed by atoms with Crippen molar-refractivity contribution >= 4 is 10.9 Å². The molecular formula is C20H28FN3O. The van der Waals surface area contributed by atoms with E-state index in [1.807, 2.05) is 6.07 Å². The van der Waals surface area contributed by atoms with Crippen LogP contribution in [0.3, 0.4) is 0 Å². The lowest BCUT2D eigenvalue weighted by atomic mass is 9.89. The van der Waals surface area contributed by atoms with Crippen LogP contribution in [-0.4, -0.2) is 66.8 Å². The van der Waals surface area contributed by atoms with Crippen LogP contribution >= 0.6 is 0 Å². The van der Waals surface area contributed by atoms with Gasteiger partial charge < -0.3 is 14.6 Å². The normalized spacial score (nSPS) is 24.2. The van der Waals surface area contributed by atoms with E-state index in [4.69, 9.17) is 4.74 Å². The molecule has 4 rings (SSSR count). The number of morpholine rings is 1. The number of nitrogens with zero attached hydrogens (tertiary/aromatic N) is 2. The van der Waals surface area contributed by atoms with Crippen LogP contribution in [0, 0.1) is 5.82 Å². The van der Waals surface area contributed by atoms with Crippen molar-refractivity contribution in [2.75, 3.05) is 45.9 Å². The van der Waals surface area contributed by atoms with E-state index in [0.717, 1.165) is 51.5 Å². The predicted molar refractivity (Wildman–Crippen MR) is 98.5 cm³/mol. The first kappa shape index (κ1) is 17.0. The molecular weight excluding hydrogens is 317 g/mol. The van der Waals surface area contributed by atoms with Crippen LogP contribution in [-0.2, 0) is 4.74 Å². The summed E-state index contributed by atoms with van der Waals surface area (Å²) in [5.74, 6) is 0.408. The summed E-state index contributed by atoms with van der Waals surface area (Å²) >= 11 is 0. The molecule has 0 bridgehead atoms. The fourth-order valence-electron chi connectivity index (χ4n) is 4.29. The minimum Gasteiger partial charge on any atom is -0.379 e. The summed E-state index contributed by atoms with van der Waals surface area (Å²) in [6.07, 6.45) is 4.45. The zero-order chi connectivity index (χ0) is 17.2. The van der Waals surface area contributed by atoms with Crippen molar-refractivity contribution in [3.63, 3.8) is 0 Å². The number of H-pyrrole nitrogens is 1. The quantitative estimate of drug-likeness (QED) is 0.923. The average Bonchev–Trinajstić information content (AvgIpc) is 3.04. The largest absolute Gasteiger partial charge is 0.379 e. The number of nitrogens with one attached hydrogen (secondary N) is 1. The van der Waals surface area contributed by atoms with Gasteiger partial charge in [0.25, 0.3) is 0 Å². The summed E-state index contributed by atoms with van der Waals surface area (Å²) in [5.41, 5.74) is 2.27. The Morgan fingerprint density at radius 2 is 2.04 bits per heavy atom. The molecule has 0 amide bonds. The van der Waals surface area contributed by atoms with E-state index in [9.17, 15) is 4.39 Å². The van der Waals surface area contributed by atoms with Gasteiger partial charge >= 0.3 is 0 Å². The van der Waals surface area contributed by atoms with Crippen molar-refractivity contribution in [2.24, 2.45) is 0 Å². The Bertz CT molecular complexity index is 708. The number of aromatic amines is 1. The van der Waals surface area contributed by atoms with E-state index in [0.29, 0.717) is 12.0 Å². The number of likely N-dealkylation sites (tertiary alicyclic amines) is 1. The van der Waals surface area contributed by atoms with Crippen LogP contribution in [0.15, 0.2) is 24.4 Å². The first-order valence-electron chi connectivity index (χ1n) is 9.51. The third-order valence-electron chi connectivity index (χ3n) is 5.91. The van der Waals surface area contributed by atoms with E-state index >= 15 is 0 Å². The standard InChI is InChI=1S/C20H28FN3O/c1-15-14-25-11-10-24(15)9-8-23-6-4-16(5-7-23)19-13-22-20-12-17(21)2-3-18(19)20/h2-3,12-13,15-16,22H,4-11,14H2,1H3. The van der Waals surface area contributed by atoms with Gasteiger partial charge in [0.1, 0.15) is 5.82 Å². The van der Waals surface area contributed by atoms with Crippen LogP contribution in [0.5, 0.6) is 0 Å². The number of benzene rings is 1. The van der Waals surface area contributed by atoms with Crippen molar-refractivity contribution < 1.29 is 9.13 Å². The Morgan fingerprint density at radius 1 is 1.20 bits per heavy atom. The number of fused-ring (bicyclic) bond motifs is 1. The molecule has 2 aliphatic heterocycles. The fraction of sp³-hybridized carbons (Fsp3) is 0.600. The number of halogens is 1. The maximum Gasteiger partial charge on any atom is 0.125 e. The molecule has 1 N–H and O–H groups in total.